The summed E-state index contributed by atoms with van der Waals surface area (Å²) < 4.78 is 5.45. The lowest BCUT2D eigenvalue weighted by Gasteiger charge is -2.36. The van der Waals surface area contributed by atoms with Gasteiger partial charge in [-0.05, 0) is 24.8 Å². The Morgan fingerprint density at radius 3 is 2.91 bits per heavy atom. The molecule has 1 aliphatic heterocycles. The number of carbonyl (C=O) groups is 1. The molecule has 1 fully saturated rings. The zero-order chi connectivity index (χ0) is 15.8. The van der Waals surface area contributed by atoms with Crippen LogP contribution in [0.5, 0.6) is 0 Å². The molecule has 122 valence electrons. The molecule has 0 aromatic heterocycles. The lowest BCUT2D eigenvalue weighted by Crippen LogP contribution is -2.52. The summed E-state index contributed by atoms with van der Waals surface area (Å²) >= 11 is 0. The Morgan fingerprint density at radius 1 is 1.45 bits per heavy atom. The summed E-state index contributed by atoms with van der Waals surface area (Å²) in [5.74, 6) is 0. The zero-order valence-electron chi connectivity index (χ0n) is 13.2. The van der Waals surface area contributed by atoms with Gasteiger partial charge >= 0.3 is 6.03 Å². The lowest BCUT2D eigenvalue weighted by molar-refractivity contribution is 0.0106. The molecular weight excluding hydrogens is 280 g/mol. The van der Waals surface area contributed by atoms with E-state index in [2.05, 4.69) is 12.2 Å². The van der Waals surface area contributed by atoms with Gasteiger partial charge in [0.25, 0.3) is 0 Å². The van der Waals surface area contributed by atoms with Crippen molar-refractivity contribution in [3.05, 3.63) is 35.9 Å². The van der Waals surface area contributed by atoms with Gasteiger partial charge in [0.15, 0.2) is 0 Å². The molecule has 1 saturated heterocycles. The van der Waals surface area contributed by atoms with Crippen LogP contribution in [0.2, 0.25) is 0 Å². The van der Waals surface area contributed by atoms with Gasteiger partial charge < -0.3 is 20.1 Å². The maximum atomic E-state index is 12.6. The second-order valence-corrected chi connectivity index (χ2v) is 5.61. The predicted molar refractivity (Wildman–Crippen MR) is 85.6 cm³/mol. The Balaban J connectivity index is 2.04. The van der Waals surface area contributed by atoms with Crippen molar-refractivity contribution < 1.29 is 14.6 Å². The molecule has 1 aromatic rings. The van der Waals surface area contributed by atoms with Crippen molar-refractivity contribution in [2.24, 2.45) is 0 Å². The van der Waals surface area contributed by atoms with Crippen LogP contribution >= 0.6 is 0 Å². The van der Waals surface area contributed by atoms with Crippen LogP contribution in [0.1, 0.15) is 37.8 Å². The van der Waals surface area contributed by atoms with Crippen LogP contribution in [0.25, 0.3) is 0 Å². The van der Waals surface area contributed by atoms with Crippen molar-refractivity contribution in [1.29, 1.82) is 0 Å². The summed E-state index contributed by atoms with van der Waals surface area (Å²) in [4.78, 5) is 14.5. The predicted octanol–water partition coefficient (Wildman–Crippen LogP) is 2.32. The molecule has 2 rings (SSSR count). The van der Waals surface area contributed by atoms with Crippen molar-refractivity contribution >= 4 is 6.03 Å². The molecule has 2 amide bonds. The zero-order valence-corrected chi connectivity index (χ0v) is 13.2. The van der Waals surface area contributed by atoms with E-state index in [-0.39, 0.29) is 24.7 Å². The van der Waals surface area contributed by atoms with Gasteiger partial charge in [-0.3, -0.25) is 0 Å². The molecule has 0 saturated carbocycles. The first kappa shape index (κ1) is 16.8. The second-order valence-electron chi connectivity index (χ2n) is 5.61. The first-order valence-electron chi connectivity index (χ1n) is 8.07. The maximum Gasteiger partial charge on any atom is 0.318 e. The van der Waals surface area contributed by atoms with E-state index >= 15 is 0 Å². The van der Waals surface area contributed by atoms with Gasteiger partial charge in [0.1, 0.15) is 0 Å². The molecule has 5 heteroatoms. The van der Waals surface area contributed by atoms with Crippen LogP contribution in [0.3, 0.4) is 0 Å². The van der Waals surface area contributed by atoms with E-state index in [9.17, 15) is 4.79 Å². The Bertz CT molecular complexity index is 452. The third-order valence-electron chi connectivity index (χ3n) is 4.11. The normalized spacial score (nSPS) is 19.7. The average molecular weight is 306 g/mol. The molecular formula is C17H26N2O3. The van der Waals surface area contributed by atoms with Crippen molar-refractivity contribution in [1.82, 2.24) is 10.2 Å². The lowest BCUT2D eigenvalue weighted by atomic mass is 10.0. The smallest absolute Gasteiger partial charge is 0.318 e. The van der Waals surface area contributed by atoms with Crippen LogP contribution < -0.4 is 5.32 Å². The minimum absolute atomic E-state index is 0.0399. The molecule has 0 radical (unpaired) electrons. The SMILES string of the molecule is CCC1COCCN1C(=O)NC(CCCO)c1ccccc1. The highest BCUT2D eigenvalue weighted by Gasteiger charge is 2.27. The molecule has 1 aromatic carbocycles. The number of ether oxygens (including phenoxy) is 1. The monoisotopic (exact) mass is 306 g/mol. The summed E-state index contributed by atoms with van der Waals surface area (Å²) in [5.41, 5.74) is 1.07. The third kappa shape index (κ3) is 4.45. The molecule has 0 spiro atoms. The Labute approximate surface area is 132 Å². The number of aliphatic hydroxyl groups is 1. The van der Waals surface area contributed by atoms with Crippen LogP contribution in [-0.2, 0) is 4.74 Å². The molecule has 1 aliphatic rings. The van der Waals surface area contributed by atoms with Crippen LogP contribution in [0.4, 0.5) is 4.79 Å². The summed E-state index contributed by atoms with van der Waals surface area (Å²) in [6.07, 6.45) is 2.29. The summed E-state index contributed by atoms with van der Waals surface area (Å²) in [5, 5.41) is 12.2. The van der Waals surface area contributed by atoms with Gasteiger partial charge in [-0.2, -0.15) is 0 Å². The number of carbonyl (C=O) groups excluding carboxylic acids is 1. The van der Waals surface area contributed by atoms with Crippen LogP contribution in [0.15, 0.2) is 30.3 Å². The van der Waals surface area contributed by atoms with Gasteiger partial charge in [0.05, 0.1) is 25.3 Å². The Kier molecular flexibility index (Phi) is 6.68. The van der Waals surface area contributed by atoms with Crippen molar-refractivity contribution in [2.75, 3.05) is 26.4 Å². The van der Waals surface area contributed by atoms with E-state index in [1.165, 1.54) is 0 Å². The molecule has 2 unspecified atom stereocenters. The van der Waals surface area contributed by atoms with E-state index in [4.69, 9.17) is 9.84 Å². The largest absolute Gasteiger partial charge is 0.396 e. The number of nitrogens with zero attached hydrogens (tertiary/aromatic N) is 1. The molecule has 0 bridgehead atoms. The topological polar surface area (TPSA) is 61.8 Å². The molecule has 0 aliphatic carbocycles. The first-order valence-corrected chi connectivity index (χ1v) is 8.07. The van der Waals surface area contributed by atoms with Crippen LogP contribution in [-0.4, -0.2) is 48.4 Å². The fourth-order valence-corrected chi connectivity index (χ4v) is 2.80. The molecule has 22 heavy (non-hydrogen) atoms. The fourth-order valence-electron chi connectivity index (χ4n) is 2.80. The van der Waals surface area contributed by atoms with Crippen molar-refractivity contribution in [2.45, 2.75) is 38.3 Å². The van der Waals surface area contributed by atoms with Gasteiger partial charge in [-0.15, -0.1) is 0 Å². The van der Waals surface area contributed by atoms with Crippen molar-refractivity contribution in [3.8, 4) is 0 Å². The number of rotatable bonds is 6. The number of hydrogen-bond acceptors (Lipinski definition) is 3. The number of urea groups is 1. The fraction of sp³-hybridized carbons (Fsp3) is 0.588. The summed E-state index contributed by atoms with van der Waals surface area (Å²) in [7, 11) is 0. The average Bonchev–Trinajstić information content (AvgIpc) is 2.59. The summed E-state index contributed by atoms with van der Waals surface area (Å²) in [6, 6.07) is 9.96. The number of benzene rings is 1. The second kappa shape index (κ2) is 8.76. The number of morpholine rings is 1. The quantitative estimate of drug-likeness (QED) is 0.848. The van der Waals surface area contributed by atoms with E-state index in [0.29, 0.717) is 26.2 Å². The van der Waals surface area contributed by atoms with Gasteiger partial charge in [-0.25, -0.2) is 4.79 Å². The highest BCUT2D eigenvalue weighted by molar-refractivity contribution is 5.75. The Hall–Kier alpha value is -1.59. The minimum atomic E-state index is -0.0683. The van der Waals surface area contributed by atoms with E-state index in [0.717, 1.165) is 18.4 Å². The molecule has 2 atom stereocenters. The molecule has 5 nitrogen and oxygen atoms in total. The third-order valence-corrected chi connectivity index (χ3v) is 4.11. The first-order chi connectivity index (χ1) is 10.8. The standard InChI is InChI=1S/C17H26N2O3/c1-2-15-13-22-12-10-19(15)17(21)18-16(9-6-11-20)14-7-4-3-5-8-14/h3-5,7-8,15-16,20H,2,6,9-13H2,1H3,(H,18,21). The number of amides is 2. The minimum Gasteiger partial charge on any atom is -0.396 e. The van der Waals surface area contributed by atoms with E-state index < -0.39 is 0 Å². The van der Waals surface area contributed by atoms with Gasteiger partial charge in [0, 0.05) is 13.2 Å². The highest BCUT2D eigenvalue weighted by atomic mass is 16.5. The maximum absolute atomic E-state index is 12.6. The number of aliphatic hydroxyl groups excluding tert-OH is 1. The van der Waals surface area contributed by atoms with Crippen molar-refractivity contribution in [3.63, 3.8) is 0 Å². The number of hydrogen-bond donors (Lipinski definition) is 2. The Morgan fingerprint density at radius 2 is 2.23 bits per heavy atom. The van der Waals surface area contributed by atoms with Crippen LogP contribution in [0, 0.1) is 0 Å². The number of nitrogens with one attached hydrogen (secondary N) is 1. The molecule has 1 heterocycles. The molecule has 2 N–H and O–H groups in total. The highest BCUT2D eigenvalue weighted by Crippen LogP contribution is 2.19. The van der Waals surface area contributed by atoms with Gasteiger partial charge in [0.2, 0.25) is 0 Å². The van der Waals surface area contributed by atoms with E-state index in [1.54, 1.807) is 0 Å². The summed E-state index contributed by atoms with van der Waals surface area (Å²) in [6.45, 7) is 4.04. The van der Waals surface area contributed by atoms with Gasteiger partial charge in [-0.1, -0.05) is 37.3 Å². The van der Waals surface area contributed by atoms with E-state index in [1.807, 2.05) is 35.2 Å².